The van der Waals surface area contributed by atoms with Crippen molar-refractivity contribution in [1.82, 2.24) is 51.5 Å². The number of fused-ring (bicyclic) bond motifs is 5. The number of carbonyl (C=O) groups excluding carboxylic acids is 6. The maximum absolute atomic E-state index is 12.7. The Morgan fingerprint density at radius 3 is 0.980 bits per heavy atom. The summed E-state index contributed by atoms with van der Waals surface area (Å²) in [6.45, 7) is 21.7. The van der Waals surface area contributed by atoms with Gasteiger partial charge < -0.3 is 101 Å². The second kappa shape index (κ2) is 50.3. The number of nitrogens with zero attached hydrogens (tertiary/aromatic N) is 11. The van der Waals surface area contributed by atoms with E-state index in [2.05, 4.69) is 204 Å². The van der Waals surface area contributed by atoms with Crippen molar-refractivity contribution in [3.8, 4) is 0 Å². The summed E-state index contributed by atoms with van der Waals surface area (Å²) in [6.07, 6.45) is 23.3. The zero-order chi connectivity index (χ0) is 103. The van der Waals surface area contributed by atoms with Crippen molar-refractivity contribution in [3.63, 3.8) is 0 Å². The van der Waals surface area contributed by atoms with Gasteiger partial charge in [0, 0.05) is 180 Å². The molecule has 0 bridgehead atoms. The van der Waals surface area contributed by atoms with E-state index in [9.17, 15) is 28.8 Å². The summed E-state index contributed by atoms with van der Waals surface area (Å²) >= 11 is 6.51. The molecule has 15 aromatic rings. The van der Waals surface area contributed by atoms with Crippen LogP contribution in [-0.2, 0) is 36.9 Å². The molecule has 5 aliphatic rings. The average Bonchev–Trinajstić information content (AvgIpc) is 1.64. The topological polar surface area (TPSA) is 441 Å². The highest BCUT2D eigenvalue weighted by molar-refractivity contribution is 7.23. The zero-order valence-electron chi connectivity index (χ0n) is 84.9. The van der Waals surface area contributed by atoms with Crippen LogP contribution in [0.2, 0.25) is 0 Å². The highest BCUT2D eigenvalue weighted by atomic mass is 32.1. The Bertz CT molecular complexity index is 7090. The molecule has 0 radical (unpaired) electrons. The molecule has 0 spiro atoms. The zero-order valence-corrected chi connectivity index (χ0v) is 88.9. The van der Waals surface area contributed by atoms with E-state index in [1.807, 2.05) is 63.2 Å². The van der Waals surface area contributed by atoms with Gasteiger partial charge in [0.2, 0.25) is 5.91 Å². The molecule has 5 fully saturated rings. The van der Waals surface area contributed by atoms with Crippen LogP contribution in [0.5, 0.6) is 0 Å². The van der Waals surface area contributed by atoms with Gasteiger partial charge in [-0.15, -0.1) is 56.7 Å². The van der Waals surface area contributed by atoms with E-state index >= 15 is 0 Å². The first-order valence-electron chi connectivity index (χ1n) is 51.2. The van der Waals surface area contributed by atoms with Crippen molar-refractivity contribution in [1.29, 1.82) is 0 Å². The number of nitrogen functional groups attached to an aromatic ring is 7. The van der Waals surface area contributed by atoms with Crippen molar-refractivity contribution >= 4 is 223 Å². The number of benzene rings is 5. The molecular weight excluding hydrogens is 1940 g/mol. The van der Waals surface area contributed by atoms with Gasteiger partial charge >= 0.3 is 0 Å². The maximum atomic E-state index is 12.7. The Morgan fingerprint density at radius 1 is 0.306 bits per heavy atom. The number of amides is 6. The van der Waals surface area contributed by atoms with Gasteiger partial charge in [0.15, 0.2) is 0 Å². The summed E-state index contributed by atoms with van der Waals surface area (Å²) in [5, 5.41) is 21.6. The predicted octanol–water partition coefficient (Wildman–Crippen LogP) is 19.3. The minimum Gasteiger partial charge on any atom is -0.397 e. The standard InChI is InChI=1S/C23H27N5O2S.C23H29N5OS.C23H28N4OS.C22H27N5OS.C21H25N5OS/c1-15(29)26-19-10-9-18-20(24)21(31-23(18)27-19)22(30)25-12-11-16-5-7-17(8-6-16)28-13-3-2-4-14-28;1-27(2)19-11-10-18-20(24)21(30-23(18)26-19)22(29)25-13-12-16-6-8-17(9-7-16)28-14-4-3-5-15-28;1-15-14-17(7-9-19(15)27-12-4-3-5-13-27)10-11-25-22(28)21-20(24)18-8-6-16(2)26-23(18)29-21;1-14-13-17(23)26-22-18(14)19(24)20(29-22)21(28)25-10-9-15-5-7-16(8-6-15)27-11-3-2-4-12-27;22-17-9-8-16-18(23)19(28-21(16)25-17)20(27)24-11-10-14-4-6-15(7-5-14)26-12-2-1-3-13-26/h5-10H,2-4,11-14,24H2,1H3,(H,25,30)(H,26,27,29);6-11H,3-5,12-15,24H2,1-2H3,(H,25,29);6-9,14H,3-5,10-13,24H2,1-2H3,(H,25,28);5-8,13H,2-4,9-12,24H2,1H3,(H2,23,26)(H,25,28);4-9H,1-3,10-13,23H2,(H2,22,25)(H,24,27). The number of anilines is 14. The molecule has 10 aromatic heterocycles. The smallest absolute Gasteiger partial charge is 0.263 e. The molecule has 0 atom stereocenters. The first kappa shape index (κ1) is 106. The Morgan fingerprint density at radius 2 is 0.612 bits per heavy atom. The van der Waals surface area contributed by atoms with Gasteiger partial charge in [-0.25, -0.2) is 24.9 Å². The third-order valence-corrected chi connectivity index (χ3v) is 32.9. The number of hydrogen-bond donors (Lipinski definition) is 13. The molecular formula is C112H136N24O6S5. The van der Waals surface area contributed by atoms with E-state index in [4.69, 9.17) is 40.1 Å². The summed E-state index contributed by atoms with van der Waals surface area (Å²) in [7, 11) is 3.88. The SMILES string of the molecule is CC(=O)Nc1ccc2c(N)c(C(=O)NCCc3ccc(N4CCCCC4)cc3)sc2n1.CN(C)c1ccc2c(N)c(C(=O)NCCc3ccc(N4CCCCC4)cc3)sc2n1.Cc1cc(N)nc2sc(C(=O)NCCc3ccc(N4CCCCC4)cc3)c(N)c12.Cc1ccc2c(N)c(C(=O)NCCc3ccc(N4CCCCC4)c(C)c3)sc2n1.Nc1ccc2c(N)c(C(=O)NCCc3ccc(N4CCCCC4)cc3)sc2n1. The van der Waals surface area contributed by atoms with Crippen LogP contribution in [0.4, 0.5) is 80.1 Å². The fourth-order valence-electron chi connectivity index (χ4n) is 19.2. The van der Waals surface area contributed by atoms with E-state index in [0.29, 0.717) is 117 Å². The number of aryl methyl sites for hydroxylation is 3. The second-order valence-corrected chi connectivity index (χ2v) is 43.4. The molecule has 5 aliphatic heterocycles. The van der Waals surface area contributed by atoms with Crippen molar-refractivity contribution in [2.24, 2.45) is 0 Å². The highest BCUT2D eigenvalue weighted by Gasteiger charge is 2.27. The monoisotopic (exact) mass is 2070 g/mol. The van der Waals surface area contributed by atoms with Crippen molar-refractivity contribution in [2.75, 3.05) is 187 Å². The van der Waals surface area contributed by atoms with Gasteiger partial charge in [-0.2, -0.15) is 0 Å². The number of thiophene rings is 5. The number of nitrogens with two attached hydrogens (primary N) is 7. The van der Waals surface area contributed by atoms with Crippen LogP contribution in [0.3, 0.4) is 0 Å². The van der Waals surface area contributed by atoms with Crippen LogP contribution in [0.15, 0.2) is 170 Å². The van der Waals surface area contributed by atoms with E-state index in [-0.39, 0.29) is 35.4 Å². The molecule has 15 heterocycles. The predicted molar refractivity (Wildman–Crippen MR) is 615 cm³/mol. The largest absolute Gasteiger partial charge is 0.397 e. The molecule has 147 heavy (non-hydrogen) atoms. The summed E-state index contributed by atoms with van der Waals surface area (Å²) in [6, 6.07) is 57.8. The number of hydrogen-bond acceptors (Lipinski definition) is 29. The van der Waals surface area contributed by atoms with Crippen LogP contribution in [0.1, 0.15) is 196 Å². The molecule has 0 unspecified atom stereocenters. The lowest BCUT2D eigenvalue weighted by molar-refractivity contribution is -0.114. The van der Waals surface area contributed by atoms with Crippen LogP contribution in [0, 0.1) is 20.8 Å². The van der Waals surface area contributed by atoms with Gasteiger partial charge in [0.25, 0.3) is 29.5 Å². The van der Waals surface area contributed by atoms with Gasteiger partial charge in [0.05, 0.1) is 28.4 Å². The first-order valence-corrected chi connectivity index (χ1v) is 55.3. The summed E-state index contributed by atoms with van der Waals surface area (Å²) < 4.78 is 0. The third-order valence-electron chi connectivity index (χ3n) is 27.3. The lowest BCUT2D eigenvalue weighted by atomic mass is 10.0. The van der Waals surface area contributed by atoms with Gasteiger partial charge in [-0.1, -0.05) is 60.7 Å². The van der Waals surface area contributed by atoms with Gasteiger partial charge in [0.1, 0.15) is 71.8 Å². The normalized spacial score (nSPS) is 14.2. The van der Waals surface area contributed by atoms with Gasteiger partial charge in [-0.3, -0.25) is 28.8 Å². The molecule has 0 aliphatic carbocycles. The Hall–Kier alpha value is -14.1. The van der Waals surface area contributed by atoms with E-state index in [1.165, 1.54) is 222 Å². The van der Waals surface area contributed by atoms with E-state index in [0.717, 1.165) is 151 Å². The number of carbonyl (C=O) groups is 6. The van der Waals surface area contributed by atoms with Crippen LogP contribution in [-0.4, -0.2) is 173 Å². The molecule has 5 saturated heterocycles. The fraction of sp³-hybridized carbons (Fsp3) is 0.366. The van der Waals surface area contributed by atoms with Crippen LogP contribution < -0.4 is 101 Å². The molecule has 35 heteroatoms. The number of aromatic nitrogens is 5. The molecule has 30 nitrogen and oxygen atoms in total. The summed E-state index contributed by atoms with van der Waals surface area (Å²) in [5.41, 5.74) is 60.6. The number of pyridine rings is 5. The van der Waals surface area contributed by atoms with Crippen molar-refractivity contribution in [3.05, 3.63) is 239 Å². The lowest BCUT2D eigenvalue weighted by Gasteiger charge is -2.30. The second-order valence-electron chi connectivity index (χ2n) is 38.4. The first-order chi connectivity index (χ1) is 71.2. The molecule has 6 amide bonds. The molecule has 5 aromatic carbocycles. The van der Waals surface area contributed by atoms with E-state index < -0.39 is 0 Å². The maximum Gasteiger partial charge on any atom is 0.263 e. The van der Waals surface area contributed by atoms with E-state index in [1.54, 1.807) is 24.3 Å². The number of nitrogens with one attached hydrogen (secondary N) is 6. The lowest BCUT2D eigenvalue weighted by Crippen LogP contribution is -2.30. The molecule has 770 valence electrons. The van der Waals surface area contributed by atoms with Crippen LogP contribution in [0.25, 0.3) is 51.1 Å². The Kier molecular flexibility index (Phi) is 36.2. The molecule has 20 N–H and O–H groups in total. The van der Waals surface area contributed by atoms with Crippen molar-refractivity contribution in [2.45, 2.75) is 156 Å². The van der Waals surface area contributed by atoms with Crippen LogP contribution >= 0.6 is 56.7 Å². The summed E-state index contributed by atoms with van der Waals surface area (Å²) in [5.74, 6) is 1.19. The number of rotatable bonds is 27. The average molecular weight is 2070 g/mol. The Balaban J connectivity index is 0.000000131. The minimum absolute atomic E-state index is 0.121. The van der Waals surface area contributed by atoms with Crippen molar-refractivity contribution < 1.29 is 28.8 Å². The molecule has 20 rings (SSSR count). The fourth-order valence-corrected chi connectivity index (χ4v) is 24.4. The Labute approximate surface area is 879 Å². The third kappa shape index (κ3) is 27.4. The van der Waals surface area contributed by atoms with Gasteiger partial charge in [-0.05, 0) is 297 Å². The molecule has 0 saturated carbocycles. The number of piperidine rings is 5. The quantitative estimate of drug-likeness (QED) is 0.0227. The summed E-state index contributed by atoms with van der Waals surface area (Å²) in [4.78, 5) is 117. The minimum atomic E-state index is -0.202. The highest BCUT2D eigenvalue weighted by Crippen LogP contribution is 2.40.